The maximum Gasteiger partial charge on any atom is 0.119 e. The Morgan fingerprint density at radius 2 is 2.05 bits per heavy atom. The van der Waals surface area contributed by atoms with Gasteiger partial charge in [-0.15, -0.1) is 6.58 Å². The molecule has 0 bridgehead atoms. The van der Waals surface area contributed by atoms with Crippen LogP contribution in [0.1, 0.15) is 26.3 Å². The van der Waals surface area contributed by atoms with Crippen LogP contribution in [0.15, 0.2) is 36.9 Å². The third kappa shape index (κ3) is 7.65. The summed E-state index contributed by atoms with van der Waals surface area (Å²) in [5, 5.41) is 3.46. The molecule has 0 unspecified atom stereocenters. The molecule has 106 valence electrons. The molecule has 0 aliphatic rings. The molecule has 0 atom stereocenters. The largest absolute Gasteiger partial charge is 0.491 e. The fraction of sp³-hybridized carbons (Fsp3) is 0.500. The second kappa shape index (κ2) is 7.97. The van der Waals surface area contributed by atoms with Gasteiger partial charge in [0.05, 0.1) is 13.2 Å². The average molecular weight is 263 g/mol. The number of nitrogens with one attached hydrogen (secondary N) is 1. The second-order valence-corrected chi connectivity index (χ2v) is 5.46. The van der Waals surface area contributed by atoms with Crippen LogP contribution < -0.4 is 10.1 Å². The van der Waals surface area contributed by atoms with Crippen LogP contribution >= 0.6 is 0 Å². The van der Waals surface area contributed by atoms with E-state index in [1.807, 2.05) is 12.1 Å². The van der Waals surface area contributed by atoms with Crippen LogP contribution in [0.5, 0.6) is 5.75 Å². The van der Waals surface area contributed by atoms with Crippen molar-refractivity contribution in [2.75, 3.05) is 19.8 Å². The summed E-state index contributed by atoms with van der Waals surface area (Å²) in [6.07, 6.45) is 1.73. The Kier molecular flexibility index (Phi) is 6.60. The van der Waals surface area contributed by atoms with E-state index in [-0.39, 0.29) is 5.54 Å². The van der Waals surface area contributed by atoms with Gasteiger partial charge in [0.25, 0.3) is 0 Å². The van der Waals surface area contributed by atoms with E-state index < -0.39 is 0 Å². The molecule has 1 aromatic rings. The van der Waals surface area contributed by atoms with Crippen molar-refractivity contribution in [3.8, 4) is 5.75 Å². The van der Waals surface area contributed by atoms with Crippen molar-refractivity contribution in [1.29, 1.82) is 0 Å². The van der Waals surface area contributed by atoms with Gasteiger partial charge in [0, 0.05) is 12.1 Å². The van der Waals surface area contributed by atoms with Crippen molar-refractivity contribution in [3.63, 3.8) is 0 Å². The maximum absolute atomic E-state index is 5.64. The first-order valence-corrected chi connectivity index (χ1v) is 6.67. The normalized spacial score (nSPS) is 11.3. The van der Waals surface area contributed by atoms with Crippen LogP contribution in [0.25, 0.3) is 0 Å². The molecule has 1 N–H and O–H groups in total. The minimum Gasteiger partial charge on any atom is -0.491 e. The summed E-state index contributed by atoms with van der Waals surface area (Å²) in [4.78, 5) is 0. The van der Waals surface area contributed by atoms with Gasteiger partial charge in [-0.2, -0.15) is 0 Å². The molecule has 0 aliphatic heterocycles. The Bertz CT molecular complexity index is 383. The standard InChI is InChI=1S/C16H25NO2/c1-5-9-18-10-11-19-15-8-6-7-14(12-15)13-17-16(2,3)4/h5-8,12,17H,1,9-11,13H2,2-4H3. The number of hydrogen-bond donors (Lipinski definition) is 1. The quantitative estimate of drug-likeness (QED) is 0.577. The van der Waals surface area contributed by atoms with Crippen molar-refractivity contribution in [3.05, 3.63) is 42.5 Å². The Morgan fingerprint density at radius 1 is 1.26 bits per heavy atom. The molecule has 0 fully saturated rings. The highest BCUT2D eigenvalue weighted by Crippen LogP contribution is 2.14. The summed E-state index contributed by atoms with van der Waals surface area (Å²) in [5.41, 5.74) is 1.34. The summed E-state index contributed by atoms with van der Waals surface area (Å²) in [6.45, 7) is 12.6. The van der Waals surface area contributed by atoms with Gasteiger partial charge in [0.15, 0.2) is 0 Å². The molecule has 0 saturated heterocycles. The summed E-state index contributed by atoms with van der Waals surface area (Å²) in [5.74, 6) is 0.885. The van der Waals surface area contributed by atoms with E-state index in [9.17, 15) is 0 Å². The number of rotatable bonds is 8. The average Bonchev–Trinajstić information content (AvgIpc) is 2.36. The molecule has 1 rings (SSSR count). The van der Waals surface area contributed by atoms with E-state index in [1.54, 1.807) is 6.08 Å². The summed E-state index contributed by atoms with van der Waals surface area (Å²) < 4.78 is 10.9. The van der Waals surface area contributed by atoms with E-state index >= 15 is 0 Å². The van der Waals surface area contributed by atoms with Crippen LogP contribution in [-0.2, 0) is 11.3 Å². The zero-order valence-corrected chi connectivity index (χ0v) is 12.2. The third-order valence-corrected chi connectivity index (χ3v) is 2.45. The fourth-order valence-electron chi connectivity index (χ4n) is 1.50. The van der Waals surface area contributed by atoms with Gasteiger partial charge >= 0.3 is 0 Å². The first-order valence-electron chi connectivity index (χ1n) is 6.67. The molecule has 1 aromatic carbocycles. The van der Waals surface area contributed by atoms with Crippen LogP contribution in [-0.4, -0.2) is 25.4 Å². The number of benzene rings is 1. The summed E-state index contributed by atoms with van der Waals surface area (Å²) in [7, 11) is 0. The van der Waals surface area contributed by atoms with Crippen LogP contribution in [0.2, 0.25) is 0 Å². The van der Waals surface area contributed by atoms with Crippen molar-refractivity contribution >= 4 is 0 Å². The molecule has 0 radical (unpaired) electrons. The lowest BCUT2D eigenvalue weighted by atomic mass is 10.1. The Labute approximate surface area is 116 Å². The maximum atomic E-state index is 5.64. The monoisotopic (exact) mass is 263 g/mol. The van der Waals surface area contributed by atoms with Gasteiger partial charge in [0.1, 0.15) is 12.4 Å². The molecule has 0 spiro atoms. The molecule has 0 amide bonds. The smallest absolute Gasteiger partial charge is 0.119 e. The van der Waals surface area contributed by atoms with Gasteiger partial charge < -0.3 is 14.8 Å². The van der Waals surface area contributed by atoms with Crippen LogP contribution in [0.3, 0.4) is 0 Å². The lowest BCUT2D eigenvalue weighted by Crippen LogP contribution is -2.35. The van der Waals surface area contributed by atoms with Gasteiger partial charge in [0.2, 0.25) is 0 Å². The predicted octanol–water partition coefficient (Wildman–Crippen LogP) is 3.16. The molecular formula is C16H25NO2. The van der Waals surface area contributed by atoms with Gasteiger partial charge in [-0.25, -0.2) is 0 Å². The molecule has 19 heavy (non-hydrogen) atoms. The minimum atomic E-state index is 0.120. The van der Waals surface area contributed by atoms with Crippen LogP contribution in [0.4, 0.5) is 0 Å². The number of hydrogen-bond acceptors (Lipinski definition) is 3. The molecule has 0 heterocycles. The zero-order chi connectivity index (χ0) is 14.1. The summed E-state index contributed by atoms with van der Waals surface area (Å²) in [6, 6.07) is 8.14. The van der Waals surface area contributed by atoms with Gasteiger partial charge in [-0.3, -0.25) is 0 Å². The van der Waals surface area contributed by atoms with Crippen molar-refractivity contribution < 1.29 is 9.47 Å². The molecule has 0 aromatic heterocycles. The molecule has 3 nitrogen and oxygen atoms in total. The molecule has 3 heteroatoms. The van der Waals surface area contributed by atoms with Gasteiger partial charge in [-0.1, -0.05) is 18.2 Å². The highest BCUT2D eigenvalue weighted by Gasteiger charge is 2.08. The Balaban J connectivity index is 2.37. The second-order valence-electron chi connectivity index (χ2n) is 5.46. The Morgan fingerprint density at radius 3 is 2.74 bits per heavy atom. The lowest BCUT2D eigenvalue weighted by Gasteiger charge is -2.20. The highest BCUT2D eigenvalue weighted by atomic mass is 16.5. The Hall–Kier alpha value is -1.32. The summed E-state index contributed by atoms with van der Waals surface area (Å²) >= 11 is 0. The minimum absolute atomic E-state index is 0.120. The van der Waals surface area contributed by atoms with Crippen molar-refractivity contribution in [1.82, 2.24) is 5.32 Å². The molecule has 0 aliphatic carbocycles. The fourth-order valence-corrected chi connectivity index (χ4v) is 1.50. The molecular weight excluding hydrogens is 238 g/mol. The van der Waals surface area contributed by atoms with E-state index in [2.05, 4.69) is 44.8 Å². The first-order chi connectivity index (χ1) is 9.01. The van der Waals surface area contributed by atoms with Crippen molar-refractivity contribution in [2.24, 2.45) is 0 Å². The SMILES string of the molecule is C=CCOCCOc1cccc(CNC(C)(C)C)c1. The van der Waals surface area contributed by atoms with Gasteiger partial charge in [-0.05, 0) is 38.5 Å². The van der Waals surface area contributed by atoms with E-state index in [4.69, 9.17) is 9.47 Å². The van der Waals surface area contributed by atoms with Crippen molar-refractivity contribution in [2.45, 2.75) is 32.9 Å². The highest BCUT2D eigenvalue weighted by molar-refractivity contribution is 5.28. The van der Waals surface area contributed by atoms with E-state index in [0.29, 0.717) is 19.8 Å². The van der Waals surface area contributed by atoms with Crippen LogP contribution in [0, 0.1) is 0 Å². The topological polar surface area (TPSA) is 30.5 Å². The van der Waals surface area contributed by atoms with E-state index in [1.165, 1.54) is 5.56 Å². The lowest BCUT2D eigenvalue weighted by molar-refractivity contribution is 0.121. The predicted molar refractivity (Wildman–Crippen MR) is 79.5 cm³/mol. The zero-order valence-electron chi connectivity index (χ0n) is 12.2. The van der Waals surface area contributed by atoms with E-state index in [0.717, 1.165) is 12.3 Å². The molecule has 0 saturated carbocycles. The third-order valence-electron chi connectivity index (χ3n) is 2.45. The first kappa shape index (κ1) is 15.7. The number of ether oxygens (including phenoxy) is 2.